The van der Waals surface area contributed by atoms with E-state index in [0.717, 1.165) is 24.7 Å². The van der Waals surface area contributed by atoms with E-state index in [1.165, 1.54) is 0 Å². The number of carbonyl (C=O) groups is 2. The third kappa shape index (κ3) is 4.73. The van der Waals surface area contributed by atoms with Crippen LogP contribution in [0.5, 0.6) is 0 Å². The summed E-state index contributed by atoms with van der Waals surface area (Å²) < 4.78 is 4.90. The Kier molecular flexibility index (Phi) is 6.19. The predicted octanol–water partition coefficient (Wildman–Crippen LogP) is 2.06. The SMILES string of the molecule is CCOC(=O)CCN1/C=C(/C=O)CC/C=C\C1C. The van der Waals surface area contributed by atoms with Crippen LogP contribution in [0.2, 0.25) is 0 Å². The molecule has 100 valence electrons. The molecule has 0 aromatic carbocycles. The second kappa shape index (κ2) is 7.69. The number of rotatable bonds is 5. The van der Waals surface area contributed by atoms with Crippen LogP contribution in [0.4, 0.5) is 0 Å². The van der Waals surface area contributed by atoms with Crippen LogP contribution in [0.1, 0.15) is 33.1 Å². The molecule has 0 saturated heterocycles. The Bertz CT molecular complexity index is 347. The first-order valence-electron chi connectivity index (χ1n) is 6.41. The van der Waals surface area contributed by atoms with Crippen LogP contribution in [-0.4, -0.2) is 36.3 Å². The number of hydrogen-bond acceptors (Lipinski definition) is 4. The maximum Gasteiger partial charge on any atom is 0.307 e. The average molecular weight is 251 g/mol. The van der Waals surface area contributed by atoms with E-state index in [9.17, 15) is 9.59 Å². The Morgan fingerprint density at radius 3 is 3.06 bits per heavy atom. The third-order valence-corrected chi connectivity index (χ3v) is 2.90. The Morgan fingerprint density at radius 1 is 1.61 bits per heavy atom. The number of allylic oxidation sites excluding steroid dienone is 2. The fraction of sp³-hybridized carbons (Fsp3) is 0.571. The smallest absolute Gasteiger partial charge is 0.307 e. The molecule has 0 saturated carbocycles. The molecule has 0 amide bonds. The van der Waals surface area contributed by atoms with Crippen LogP contribution in [0.15, 0.2) is 23.9 Å². The lowest BCUT2D eigenvalue weighted by molar-refractivity contribution is -0.143. The molecule has 1 rings (SSSR count). The van der Waals surface area contributed by atoms with E-state index in [2.05, 4.69) is 12.2 Å². The summed E-state index contributed by atoms with van der Waals surface area (Å²) in [7, 11) is 0. The maximum atomic E-state index is 11.3. The van der Waals surface area contributed by atoms with Crippen LogP contribution >= 0.6 is 0 Å². The van der Waals surface area contributed by atoms with Gasteiger partial charge in [0.15, 0.2) is 0 Å². The van der Waals surface area contributed by atoms with Gasteiger partial charge in [-0.25, -0.2) is 0 Å². The first kappa shape index (κ1) is 14.5. The summed E-state index contributed by atoms with van der Waals surface area (Å²) >= 11 is 0. The van der Waals surface area contributed by atoms with Crippen molar-refractivity contribution in [3.8, 4) is 0 Å². The monoisotopic (exact) mass is 251 g/mol. The number of aldehydes is 1. The Hall–Kier alpha value is -1.58. The normalized spacial score (nSPS) is 24.4. The van der Waals surface area contributed by atoms with Gasteiger partial charge in [0, 0.05) is 24.4 Å². The molecule has 1 aliphatic heterocycles. The van der Waals surface area contributed by atoms with E-state index < -0.39 is 0 Å². The highest BCUT2D eigenvalue weighted by Gasteiger charge is 2.13. The quantitative estimate of drug-likeness (QED) is 0.426. The minimum absolute atomic E-state index is 0.190. The number of esters is 1. The van der Waals surface area contributed by atoms with Gasteiger partial charge in [0.05, 0.1) is 13.0 Å². The van der Waals surface area contributed by atoms with Crippen molar-refractivity contribution in [3.05, 3.63) is 23.9 Å². The molecule has 0 aliphatic carbocycles. The summed E-state index contributed by atoms with van der Waals surface area (Å²) in [5.41, 5.74) is 0.773. The number of ether oxygens (including phenoxy) is 1. The molecular formula is C14H21NO3. The minimum Gasteiger partial charge on any atom is -0.466 e. The van der Waals surface area contributed by atoms with E-state index in [4.69, 9.17) is 4.74 Å². The van der Waals surface area contributed by atoms with Gasteiger partial charge >= 0.3 is 5.97 Å². The van der Waals surface area contributed by atoms with Crippen LogP contribution < -0.4 is 0 Å². The van der Waals surface area contributed by atoms with Gasteiger partial charge in [-0.3, -0.25) is 9.59 Å². The fourth-order valence-electron chi connectivity index (χ4n) is 1.86. The molecule has 0 aromatic rings. The van der Waals surface area contributed by atoms with Crippen molar-refractivity contribution < 1.29 is 14.3 Å². The van der Waals surface area contributed by atoms with Gasteiger partial charge in [0.1, 0.15) is 6.29 Å². The molecule has 4 nitrogen and oxygen atoms in total. The molecule has 1 heterocycles. The zero-order valence-corrected chi connectivity index (χ0v) is 11.1. The van der Waals surface area contributed by atoms with E-state index in [1.807, 2.05) is 18.0 Å². The number of nitrogens with zero attached hydrogens (tertiary/aromatic N) is 1. The van der Waals surface area contributed by atoms with Crippen LogP contribution in [0.25, 0.3) is 0 Å². The van der Waals surface area contributed by atoms with Crippen LogP contribution in [-0.2, 0) is 14.3 Å². The first-order chi connectivity index (χ1) is 8.67. The van der Waals surface area contributed by atoms with E-state index in [-0.39, 0.29) is 12.0 Å². The van der Waals surface area contributed by atoms with Gasteiger partial charge in [-0.05, 0) is 26.7 Å². The molecule has 1 atom stereocenters. The molecule has 0 bridgehead atoms. The minimum atomic E-state index is -0.197. The first-order valence-corrected chi connectivity index (χ1v) is 6.41. The van der Waals surface area contributed by atoms with E-state index in [1.54, 1.807) is 6.92 Å². The second-order valence-corrected chi connectivity index (χ2v) is 4.32. The predicted molar refractivity (Wildman–Crippen MR) is 69.9 cm³/mol. The second-order valence-electron chi connectivity index (χ2n) is 4.32. The summed E-state index contributed by atoms with van der Waals surface area (Å²) in [6.07, 6.45) is 8.92. The zero-order valence-electron chi connectivity index (χ0n) is 11.1. The summed E-state index contributed by atoms with van der Waals surface area (Å²) in [6, 6.07) is 0.190. The van der Waals surface area contributed by atoms with Crippen molar-refractivity contribution in [2.45, 2.75) is 39.2 Å². The van der Waals surface area contributed by atoms with Crippen molar-refractivity contribution in [2.75, 3.05) is 13.2 Å². The highest BCUT2D eigenvalue weighted by atomic mass is 16.5. The van der Waals surface area contributed by atoms with Crippen molar-refractivity contribution in [1.29, 1.82) is 0 Å². The molecule has 1 unspecified atom stereocenters. The Labute approximate surface area is 108 Å². The Morgan fingerprint density at radius 2 is 2.39 bits per heavy atom. The van der Waals surface area contributed by atoms with Gasteiger partial charge in [-0.15, -0.1) is 0 Å². The van der Waals surface area contributed by atoms with E-state index in [0.29, 0.717) is 19.6 Å². The molecule has 0 fully saturated rings. The van der Waals surface area contributed by atoms with Gasteiger partial charge in [-0.2, -0.15) is 0 Å². The molecular weight excluding hydrogens is 230 g/mol. The molecule has 1 aliphatic rings. The third-order valence-electron chi connectivity index (χ3n) is 2.90. The van der Waals surface area contributed by atoms with Crippen molar-refractivity contribution in [3.63, 3.8) is 0 Å². The maximum absolute atomic E-state index is 11.3. The standard InChI is InChI=1S/C14H21NO3/c1-3-18-14(17)8-9-15-10-13(11-16)7-5-4-6-12(15)2/h4,6,10-12H,3,5,7-9H2,1-2H3/b6-4-,13-10+. The van der Waals surface area contributed by atoms with Gasteiger partial charge in [0.2, 0.25) is 0 Å². The topological polar surface area (TPSA) is 46.6 Å². The Balaban J connectivity index is 2.62. The molecule has 0 N–H and O–H groups in total. The molecule has 0 spiro atoms. The fourth-order valence-corrected chi connectivity index (χ4v) is 1.86. The lowest BCUT2D eigenvalue weighted by Crippen LogP contribution is -2.30. The molecule has 4 heteroatoms. The van der Waals surface area contributed by atoms with E-state index >= 15 is 0 Å². The lowest BCUT2D eigenvalue weighted by Gasteiger charge is -2.27. The summed E-state index contributed by atoms with van der Waals surface area (Å²) in [4.78, 5) is 24.3. The molecule has 18 heavy (non-hydrogen) atoms. The molecule has 0 radical (unpaired) electrons. The summed E-state index contributed by atoms with van der Waals surface area (Å²) in [6.45, 7) is 4.82. The summed E-state index contributed by atoms with van der Waals surface area (Å²) in [5.74, 6) is -0.197. The lowest BCUT2D eigenvalue weighted by atomic mass is 10.1. The van der Waals surface area contributed by atoms with Gasteiger partial charge in [0.25, 0.3) is 0 Å². The van der Waals surface area contributed by atoms with Gasteiger partial charge in [-0.1, -0.05) is 12.2 Å². The summed E-state index contributed by atoms with van der Waals surface area (Å²) in [5, 5.41) is 0. The number of carbonyl (C=O) groups excluding carboxylic acids is 2. The number of hydrogen-bond donors (Lipinski definition) is 0. The largest absolute Gasteiger partial charge is 0.466 e. The van der Waals surface area contributed by atoms with Gasteiger partial charge < -0.3 is 9.64 Å². The van der Waals surface area contributed by atoms with Crippen molar-refractivity contribution in [1.82, 2.24) is 4.90 Å². The molecule has 0 aromatic heterocycles. The zero-order chi connectivity index (χ0) is 13.4. The highest BCUT2D eigenvalue weighted by molar-refractivity contribution is 5.73. The average Bonchev–Trinajstić information content (AvgIpc) is 2.34. The van der Waals surface area contributed by atoms with Crippen molar-refractivity contribution in [2.24, 2.45) is 0 Å². The van der Waals surface area contributed by atoms with Crippen LogP contribution in [0.3, 0.4) is 0 Å². The van der Waals surface area contributed by atoms with Crippen LogP contribution in [0, 0.1) is 0 Å². The highest BCUT2D eigenvalue weighted by Crippen LogP contribution is 2.13. The van der Waals surface area contributed by atoms with Crippen molar-refractivity contribution >= 4 is 12.3 Å².